The van der Waals surface area contributed by atoms with Gasteiger partial charge in [0.2, 0.25) is 5.91 Å². The first-order valence-electron chi connectivity index (χ1n) is 6.97. The molecule has 5 nitrogen and oxygen atoms in total. The molecular weight excluding hydrogens is 284 g/mol. The van der Waals surface area contributed by atoms with E-state index < -0.39 is 5.91 Å². The maximum absolute atomic E-state index is 11.0. The van der Waals surface area contributed by atoms with Gasteiger partial charge in [0.15, 0.2) is 5.13 Å². The van der Waals surface area contributed by atoms with Crippen molar-refractivity contribution in [2.24, 2.45) is 5.73 Å². The summed E-state index contributed by atoms with van der Waals surface area (Å²) in [5.74, 6) is -0.409. The topological polar surface area (TPSA) is 71.2 Å². The molecule has 0 unspecified atom stereocenters. The molecule has 6 heteroatoms. The second-order valence-corrected chi connectivity index (χ2v) is 5.67. The summed E-state index contributed by atoms with van der Waals surface area (Å²) >= 11 is 1.70. The Morgan fingerprint density at radius 3 is 2.52 bits per heavy atom. The summed E-state index contributed by atoms with van der Waals surface area (Å²) in [5.41, 5.74) is 6.69. The monoisotopic (exact) mass is 304 g/mol. The van der Waals surface area contributed by atoms with Gasteiger partial charge in [-0.15, -0.1) is 11.3 Å². The van der Waals surface area contributed by atoms with Crippen molar-refractivity contribution < 1.29 is 4.79 Å². The zero-order chi connectivity index (χ0) is 15.2. The van der Waals surface area contributed by atoms with E-state index in [4.69, 9.17) is 5.73 Å². The van der Waals surface area contributed by atoms with Gasteiger partial charge in [0.1, 0.15) is 0 Å². The molecule has 1 amide bonds. The van der Waals surface area contributed by atoms with E-state index in [9.17, 15) is 4.79 Å². The average Bonchev–Trinajstić information content (AvgIpc) is 2.96. The zero-order valence-corrected chi connectivity index (χ0v) is 13.1. The van der Waals surface area contributed by atoms with Crippen molar-refractivity contribution in [2.75, 3.05) is 23.3 Å². The van der Waals surface area contributed by atoms with Gasteiger partial charge in [-0.2, -0.15) is 0 Å². The average molecular weight is 304 g/mol. The summed E-state index contributed by atoms with van der Waals surface area (Å²) in [6.07, 6.45) is 1.91. The van der Waals surface area contributed by atoms with Gasteiger partial charge in [-0.1, -0.05) is 0 Å². The molecule has 0 aliphatic heterocycles. The zero-order valence-electron chi connectivity index (χ0n) is 12.3. The Labute approximate surface area is 128 Å². The minimum atomic E-state index is -0.409. The largest absolute Gasteiger partial charge is 0.380 e. The number of thiazole rings is 1. The van der Waals surface area contributed by atoms with Crippen LogP contribution in [0.25, 0.3) is 0 Å². The molecule has 0 fully saturated rings. The van der Waals surface area contributed by atoms with E-state index in [0.29, 0.717) is 5.56 Å². The van der Waals surface area contributed by atoms with Gasteiger partial charge in [0, 0.05) is 35.4 Å². The predicted octanol–water partition coefficient (Wildman–Crippen LogP) is 2.70. The highest BCUT2D eigenvalue weighted by Crippen LogP contribution is 2.23. The summed E-state index contributed by atoms with van der Waals surface area (Å²) in [5, 5.41) is 4.37. The smallest absolute Gasteiger partial charge is 0.248 e. The van der Waals surface area contributed by atoms with Crippen molar-refractivity contribution in [3.8, 4) is 0 Å². The summed E-state index contributed by atoms with van der Waals surface area (Å²) in [6, 6.07) is 7.15. The van der Waals surface area contributed by atoms with Gasteiger partial charge < -0.3 is 16.0 Å². The Kier molecular flexibility index (Phi) is 5.16. The molecule has 2 rings (SSSR count). The fraction of sp³-hybridized carbons (Fsp3) is 0.333. The molecule has 1 aromatic carbocycles. The molecule has 0 saturated carbocycles. The number of benzene rings is 1. The van der Waals surface area contributed by atoms with E-state index in [1.54, 1.807) is 23.5 Å². The van der Waals surface area contributed by atoms with E-state index in [2.05, 4.69) is 29.0 Å². The lowest BCUT2D eigenvalue weighted by Crippen LogP contribution is -2.21. The van der Waals surface area contributed by atoms with Gasteiger partial charge >= 0.3 is 0 Å². The molecule has 1 aromatic heterocycles. The Morgan fingerprint density at radius 1 is 1.29 bits per heavy atom. The number of primary amides is 1. The molecule has 0 bridgehead atoms. The number of nitrogens with two attached hydrogens (primary N) is 1. The number of nitrogens with one attached hydrogen (secondary N) is 1. The normalized spacial score (nSPS) is 10.4. The molecule has 0 saturated heterocycles. The second kappa shape index (κ2) is 7.08. The van der Waals surface area contributed by atoms with Crippen molar-refractivity contribution in [3.63, 3.8) is 0 Å². The molecule has 21 heavy (non-hydrogen) atoms. The number of anilines is 2. The van der Waals surface area contributed by atoms with Gasteiger partial charge in [0.25, 0.3) is 0 Å². The fourth-order valence-electron chi connectivity index (χ4n) is 1.96. The Balaban J connectivity index is 1.95. The van der Waals surface area contributed by atoms with Crippen LogP contribution in [0.1, 0.15) is 29.1 Å². The van der Waals surface area contributed by atoms with Gasteiger partial charge in [-0.3, -0.25) is 4.79 Å². The molecule has 0 atom stereocenters. The lowest BCUT2D eigenvalue weighted by atomic mass is 10.2. The first-order chi connectivity index (χ1) is 10.1. The number of amides is 1. The first-order valence-corrected chi connectivity index (χ1v) is 7.79. The van der Waals surface area contributed by atoms with Crippen LogP contribution >= 0.6 is 11.3 Å². The van der Waals surface area contributed by atoms with Crippen LogP contribution < -0.4 is 16.0 Å². The van der Waals surface area contributed by atoms with Crippen LogP contribution in [0.15, 0.2) is 30.5 Å². The van der Waals surface area contributed by atoms with Gasteiger partial charge in [0.05, 0.1) is 6.54 Å². The molecule has 1 heterocycles. The standard InChI is InChI=1S/C15H20N4OS/c1-3-19(4-2)15-18-10-13(21-15)9-17-12-7-5-11(6-8-12)14(16)20/h5-8,10,17H,3-4,9H2,1-2H3,(H2,16,20). The number of hydrogen-bond acceptors (Lipinski definition) is 5. The van der Waals surface area contributed by atoms with E-state index in [1.165, 1.54) is 4.88 Å². The molecular formula is C15H20N4OS. The SMILES string of the molecule is CCN(CC)c1ncc(CNc2ccc(C(N)=O)cc2)s1. The molecule has 2 aromatic rings. The molecule has 112 valence electrons. The Morgan fingerprint density at radius 2 is 1.95 bits per heavy atom. The summed E-state index contributed by atoms with van der Waals surface area (Å²) in [7, 11) is 0. The highest BCUT2D eigenvalue weighted by Gasteiger charge is 2.07. The summed E-state index contributed by atoms with van der Waals surface area (Å²) in [4.78, 5) is 18.9. The molecule has 3 N–H and O–H groups in total. The van der Waals surface area contributed by atoms with Crippen molar-refractivity contribution in [1.29, 1.82) is 0 Å². The molecule has 0 radical (unpaired) electrons. The van der Waals surface area contributed by atoms with Crippen LogP contribution in [0.5, 0.6) is 0 Å². The quantitative estimate of drug-likeness (QED) is 0.825. The minimum Gasteiger partial charge on any atom is -0.380 e. The molecule has 0 spiro atoms. The lowest BCUT2D eigenvalue weighted by molar-refractivity contribution is 0.100. The fourth-order valence-corrected chi connectivity index (χ4v) is 2.94. The Hall–Kier alpha value is -2.08. The van der Waals surface area contributed by atoms with Crippen LogP contribution in [0.3, 0.4) is 0 Å². The van der Waals surface area contributed by atoms with Crippen LogP contribution in [-0.2, 0) is 6.54 Å². The number of rotatable bonds is 7. The van der Waals surface area contributed by atoms with E-state index in [1.807, 2.05) is 18.3 Å². The highest BCUT2D eigenvalue weighted by molar-refractivity contribution is 7.15. The summed E-state index contributed by atoms with van der Waals surface area (Å²) < 4.78 is 0. The third-order valence-electron chi connectivity index (χ3n) is 3.21. The maximum Gasteiger partial charge on any atom is 0.248 e. The van der Waals surface area contributed by atoms with E-state index in [0.717, 1.165) is 30.5 Å². The maximum atomic E-state index is 11.0. The number of nitrogens with zero attached hydrogens (tertiary/aromatic N) is 2. The minimum absolute atomic E-state index is 0.409. The Bertz CT molecular complexity index is 590. The second-order valence-electron chi connectivity index (χ2n) is 4.58. The molecule has 0 aliphatic rings. The number of carbonyl (C=O) groups is 1. The van der Waals surface area contributed by atoms with Crippen LogP contribution in [0, 0.1) is 0 Å². The first kappa shape index (κ1) is 15.3. The number of carbonyl (C=O) groups excluding carboxylic acids is 1. The highest BCUT2D eigenvalue weighted by atomic mass is 32.1. The van der Waals surface area contributed by atoms with Crippen LogP contribution in [0.4, 0.5) is 10.8 Å². The van der Waals surface area contributed by atoms with Crippen molar-refractivity contribution in [3.05, 3.63) is 40.9 Å². The van der Waals surface area contributed by atoms with E-state index >= 15 is 0 Å². The summed E-state index contributed by atoms with van der Waals surface area (Å²) in [6.45, 7) is 6.90. The predicted molar refractivity (Wildman–Crippen MR) is 88.0 cm³/mol. The van der Waals surface area contributed by atoms with Crippen LogP contribution in [-0.4, -0.2) is 24.0 Å². The molecule has 0 aliphatic carbocycles. The van der Waals surface area contributed by atoms with Crippen LogP contribution in [0.2, 0.25) is 0 Å². The van der Waals surface area contributed by atoms with Gasteiger partial charge in [-0.25, -0.2) is 4.98 Å². The van der Waals surface area contributed by atoms with Gasteiger partial charge in [-0.05, 0) is 38.1 Å². The van der Waals surface area contributed by atoms with Crippen molar-refractivity contribution >= 4 is 28.1 Å². The van der Waals surface area contributed by atoms with Crippen molar-refractivity contribution in [1.82, 2.24) is 4.98 Å². The lowest BCUT2D eigenvalue weighted by Gasteiger charge is -2.16. The number of hydrogen-bond donors (Lipinski definition) is 2. The third kappa shape index (κ3) is 3.95. The third-order valence-corrected chi connectivity index (χ3v) is 4.27. The number of aromatic nitrogens is 1. The van der Waals surface area contributed by atoms with Crippen molar-refractivity contribution in [2.45, 2.75) is 20.4 Å². The van der Waals surface area contributed by atoms with E-state index in [-0.39, 0.29) is 0 Å².